The second-order valence-electron chi connectivity index (χ2n) is 3.49. The van der Waals surface area contributed by atoms with Gasteiger partial charge in [-0.15, -0.1) is 22.7 Å². The summed E-state index contributed by atoms with van der Waals surface area (Å²) >= 11 is 3.57. The first kappa shape index (κ1) is 10.8. The molecule has 2 aromatic heterocycles. The number of aryl methyl sites for hydroxylation is 2. The highest BCUT2D eigenvalue weighted by Crippen LogP contribution is 2.15. The third-order valence-corrected chi connectivity index (χ3v) is 4.13. The fraction of sp³-hybridized carbons (Fsp3) is 0.364. The normalized spacial score (nSPS) is 10.8. The standard InChI is InChI=1S/C11H14N2S2/c1-8-3-4-14-10(8)6-12-7-11-13-5-9(2)15-11/h3-5,12H,6-7H2,1-2H3. The zero-order valence-electron chi connectivity index (χ0n) is 8.91. The molecule has 0 spiro atoms. The van der Waals surface area contributed by atoms with Gasteiger partial charge in [0.15, 0.2) is 0 Å². The molecule has 0 aliphatic rings. The summed E-state index contributed by atoms with van der Waals surface area (Å²) in [5.41, 5.74) is 1.38. The Morgan fingerprint density at radius 2 is 2.20 bits per heavy atom. The SMILES string of the molecule is Cc1cnc(CNCc2sccc2C)s1. The maximum Gasteiger partial charge on any atom is 0.107 e. The molecule has 0 aliphatic heterocycles. The van der Waals surface area contributed by atoms with Gasteiger partial charge in [-0.05, 0) is 30.9 Å². The molecule has 15 heavy (non-hydrogen) atoms. The highest BCUT2D eigenvalue weighted by molar-refractivity contribution is 7.11. The van der Waals surface area contributed by atoms with Crippen molar-refractivity contribution in [3.8, 4) is 0 Å². The molecule has 0 saturated heterocycles. The number of thiazole rings is 1. The van der Waals surface area contributed by atoms with E-state index >= 15 is 0 Å². The zero-order valence-corrected chi connectivity index (χ0v) is 10.5. The molecule has 0 radical (unpaired) electrons. The largest absolute Gasteiger partial charge is 0.306 e. The van der Waals surface area contributed by atoms with Crippen molar-refractivity contribution in [2.75, 3.05) is 0 Å². The monoisotopic (exact) mass is 238 g/mol. The second kappa shape index (κ2) is 4.88. The molecule has 1 N–H and O–H groups in total. The number of aromatic nitrogens is 1. The van der Waals surface area contributed by atoms with Gasteiger partial charge < -0.3 is 5.32 Å². The van der Waals surface area contributed by atoms with E-state index in [0.717, 1.165) is 13.1 Å². The number of thiophene rings is 1. The average molecular weight is 238 g/mol. The molecule has 0 atom stereocenters. The highest BCUT2D eigenvalue weighted by atomic mass is 32.1. The molecule has 80 valence electrons. The molecule has 2 nitrogen and oxygen atoms in total. The Hall–Kier alpha value is -0.710. The van der Waals surface area contributed by atoms with Crippen LogP contribution in [0, 0.1) is 13.8 Å². The minimum Gasteiger partial charge on any atom is -0.306 e. The van der Waals surface area contributed by atoms with Gasteiger partial charge in [0.25, 0.3) is 0 Å². The minimum atomic E-state index is 0.871. The van der Waals surface area contributed by atoms with E-state index in [2.05, 4.69) is 35.6 Å². The van der Waals surface area contributed by atoms with Crippen LogP contribution in [0.3, 0.4) is 0 Å². The molecule has 0 aliphatic carbocycles. The molecule has 2 rings (SSSR count). The van der Waals surface area contributed by atoms with Gasteiger partial charge in [0, 0.05) is 29.0 Å². The molecule has 0 amide bonds. The number of nitrogens with zero attached hydrogens (tertiary/aromatic N) is 1. The summed E-state index contributed by atoms with van der Waals surface area (Å²) in [5.74, 6) is 0. The van der Waals surface area contributed by atoms with Crippen LogP contribution < -0.4 is 5.32 Å². The summed E-state index contributed by atoms with van der Waals surface area (Å²) in [6.07, 6.45) is 1.93. The van der Waals surface area contributed by atoms with Crippen LogP contribution >= 0.6 is 22.7 Å². The van der Waals surface area contributed by atoms with E-state index in [1.54, 1.807) is 11.3 Å². The number of hydrogen-bond donors (Lipinski definition) is 1. The van der Waals surface area contributed by atoms with Gasteiger partial charge in [-0.1, -0.05) is 0 Å². The number of rotatable bonds is 4. The lowest BCUT2D eigenvalue weighted by molar-refractivity contribution is 0.695. The van der Waals surface area contributed by atoms with Crippen LogP contribution in [0.15, 0.2) is 17.6 Å². The zero-order chi connectivity index (χ0) is 10.7. The van der Waals surface area contributed by atoms with Crippen LogP contribution in [-0.4, -0.2) is 4.98 Å². The molecule has 4 heteroatoms. The molecule has 0 fully saturated rings. The Morgan fingerprint density at radius 3 is 2.80 bits per heavy atom. The topological polar surface area (TPSA) is 24.9 Å². The lowest BCUT2D eigenvalue weighted by Gasteiger charge is -2.01. The summed E-state index contributed by atoms with van der Waals surface area (Å²) in [7, 11) is 0. The first-order valence-corrected chi connectivity index (χ1v) is 6.60. The average Bonchev–Trinajstić information content (AvgIpc) is 2.77. The lowest BCUT2D eigenvalue weighted by atomic mass is 10.3. The van der Waals surface area contributed by atoms with Crippen LogP contribution in [0.5, 0.6) is 0 Å². The summed E-state index contributed by atoms with van der Waals surface area (Å²) in [5, 5.41) is 6.72. The maximum absolute atomic E-state index is 4.32. The number of hydrogen-bond acceptors (Lipinski definition) is 4. The van der Waals surface area contributed by atoms with Crippen LogP contribution in [0.2, 0.25) is 0 Å². The molecule has 2 aromatic rings. The maximum atomic E-state index is 4.32. The molecule has 0 bridgehead atoms. The van der Waals surface area contributed by atoms with Crippen LogP contribution in [0.4, 0.5) is 0 Å². The third-order valence-electron chi connectivity index (χ3n) is 2.20. The Labute approximate surface area is 98.0 Å². The van der Waals surface area contributed by atoms with Crippen molar-refractivity contribution >= 4 is 22.7 Å². The van der Waals surface area contributed by atoms with Gasteiger partial charge in [0.05, 0.1) is 0 Å². The number of nitrogens with one attached hydrogen (secondary N) is 1. The Balaban J connectivity index is 1.83. The smallest absolute Gasteiger partial charge is 0.107 e. The summed E-state index contributed by atoms with van der Waals surface area (Å²) in [6, 6.07) is 2.16. The first-order chi connectivity index (χ1) is 7.25. The predicted octanol–water partition coefficient (Wildman–Crippen LogP) is 3.11. The van der Waals surface area contributed by atoms with Gasteiger partial charge in [-0.25, -0.2) is 4.98 Å². The highest BCUT2D eigenvalue weighted by Gasteiger charge is 2.01. The molecule has 0 aromatic carbocycles. The fourth-order valence-corrected chi connectivity index (χ4v) is 2.98. The summed E-state index contributed by atoms with van der Waals surface area (Å²) in [6.45, 7) is 6.06. The van der Waals surface area contributed by atoms with Crippen molar-refractivity contribution in [2.24, 2.45) is 0 Å². The van der Waals surface area contributed by atoms with Crippen molar-refractivity contribution in [3.05, 3.63) is 38.0 Å². The van der Waals surface area contributed by atoms with Crippen LogP contribution in [-0.2, 0) is 13.1 Å². The van der Waals surface area contributed by atoms with Gasteiger partial charge >= 0.3 is 0 Å². The minimum absolute atomic E-state index is 0.871. The van der Waals surface area contributed by atoms with Gasteiger partial charge in [-0.2, -0.15) is 0 Å². The second-order valence-corrected chi connectivity index (χ2v) is 5.81. The van der Waals surface area contributed by atoms with Crippen molar-refractivity contribution < 1.29 is 0 Å². The van der Waals surface area contributed by atoms with Crippen molar-refractivity contribution in [1.29, 1.82) is 0 Å². The lowest BCUT2D eigenvalue weighted by Crippen LogP contribution is -2.11. The van der Waals surface area contributed by atoms with Gasteiger partial charge in [-0.3, -0.25) is 0 Å². The van der Waals surface area contributed by atoms with Gasteiger partial charge in [0.2, 0.25) is 0 Å². The Morgan fingerprint density at radius 1 is 1.33 bits per heavy atom. The van der Waals surface area contributed by atoms with E-state index in [0.29, 0.717) is 0 Å². The van der Waals surface area contributed by atoms with E-state index < -0.39 is 0 Å². The van der Waals surface area contributed by atoms with Crippen molar-refractivity contribution in [2.45, 2.75) is 26.9 Å². The molecular weight excluding hydrogens is 224 g/mol. The summed E-state index contributed by atoms with van der Waals surface area (Å²) in [4.78, 5) is 7.01. The molecular formula is C11H14N2S2. The first-order valence-electron chi connectivity index (χ1n) is 4.90. The van der Waals surface area contributed by atoms with Crippen molar-refractivity contribution in [3.63, 3.8) is 0 Å². The molecule has 0 saturated carbocycles. The van der Waals surface area contributed by atoms with E-state index in [4.69, 9.17) is 0 Å². The van der Waals surface area contributed by atoms with Crippen LogP contribution in [0.25, 0.3) is 0 Å². The van der Waals surface area contributed by atoms with Gasteiger partial charge in [0.1, 0.15) is 5.01 Å². The fourth-order valence-electron chi connectivity index (χ4n) is 1.35. The van der Waals surface area contributed by atoms with E-state index in [9.17, 15) is 0 Å². The Bertz CT molecular complexity index is 431. The molecule has 2 heterocycles. The predicted molar refractivity (Wildman–Crippen MR) is 66.5 cm³/mol. The van der Waals surface area contributed by atoms with Crippen molar-refractivity contribution in [1.82, 2.24) is 10.3 Å². The van der Waals surface area contributed by atoms with E-state index in [-0.39, 0.29) is 0 Å². The Kier molecular flexibility index (Phi) is 3.51. The summed E-state index contributed by atoms with van der Waals surface area (Å²) < 4.78 is 0. The molecule has 0 unspecified atom stereocenters. The van der Waals surface area contributed by atoms with E-state index in [1.807, 2.05) is 17.5 Å². The third kappa shape index (κ3) is 2.87. The van der Waals surface area contributed by atoms with E-state index in [1.165, 1.54) is 20.3 Å². The van der Waals surface area contributed by atoms with Crippen LogP contribution in [0.1, 0.15) is 20.3 Å². The quantitative estimate of drug-likeness (QED) is 0.885.